The molecule has 20 heteroatoms. The number of aryl methyl sites for hydroxylation is 2. The highest BCUT2D eigenvalue weighted by Gasteiger charge is 2.36. The number of hydrogen-bond acceptors (Lipinski definition) is 10. The van der Waals surface area contributed by atoms with Gasteiger partial charge in [0.25, 0.3) is 5.91 Å². The smallest absolute Gasteiger partial charge is 0.430 e. The maximum atomic E-state index is 14.4. The van der Waals surface area contributed by atoms with Crippen molar-refractivity contribution in [3.8, 4) is 22.6 Å². The second-order valence-electron chi connectivity index (χ2n) is 17.5. The Morgan fingerprint density at radius 1 is 0.792 bits per heavy atom. The summed E-state index contributed by atoms with van der Waals surface area (Å²) in [6.45, 7) is 1.97. The van der Waals surface area contributed by atoms with Gasteiger partial charge in [-0.15, -0.1) is 0 Å². The van der Waals surface area contributed by atoms with E-state index in [0.717, 1.165) is 36.1 Å². The topological polar surface area (TPSA) is 282 Å². The van der Waals surface area contributed by atoms with Gasteiger partial charge in [0.15, 0.2) is 0 Å². The van der Waals surface area contributed by atoms with Gasteiger partial charge < -0.3 is 57.1 Å². The first-order valence-corrected chi connectivity index (χ1v) is 23.7. The highest BCUT2D eigenvalue weighted by atomic mass is 19.4. The summed E-state index contributed by atoms with van der Waals surface area (Å²) in [5, 5.41) is 51.2. The molecule has 388 valence electrons. The maximum absolute atomic E-state index is 14.4. The minimum absolute atomic E-state index is 0.00434. The molecule has 17 nitrogen and oxygen atoms in total. The summed E-state index contributed by atoms with van der Waals surface area (Å²) in [6.07, 6.45) is 3.71. The molecule has 5 amide bonds. The Morgan fingerprint density at radius 3 is 1.97 bits per heavy atom. The van der Waals surface area contributed by atoms with Crippen LogP contribution in [-0.4, -0.2) is 106 Å². The second kappa shape index (κ2) is 27.8. The molecule has 72 heavy (non-hydrogen) atoms. The highest BCUT2D eigenvalue weighted by Crippen LogP contribution is 2.39. The molecule has 1 aliphatic heterocycles. The van der Waals surface area contributed by atoms with Crippen molar-refractivity contribution in [2.24, 2.45) is 0 Å². The number of carboxylic acids is 2. The lowest BCUT2D eigenvalue weighted by Gasteiger charge is -2.32. The molecule has 0 spiro atoms. The average Bonchev–Trinajstić information content (AvgIpc) is 3.34. The molecule has 0 fully saturated rings. The van der Waals surface area contributed by atoms with Crippen molar-refractivity contribution in [2.75, 3.05) is 20.1 Å². The number of aromatic hydroxyl groups is 2. The van der Waals surface area contributed by atoms with Crippen LogP contribution >= 0.6 is 0 Å². The maximum Gasteiger partial charge on any atom is 0.430 e. The minimum atomic E-state index is -5.19. The first-order valence-electron chi connectivity index (χ1n) is 23.7. The number of alkyl halides is 3. The number of nitrogens with zero attached hydrogens (tertiary/aromatic N) is 1. The number of fused-ring (bicyclic) bond motifs is 5. The molecule has 10 N–H and O–H groups in total. The summed E-state index contributed by atoms with van der Waals surface area (Å²) in [5.74, 6) is -7.88. The molecule has 4 aromatic carbocycles. The Balaban J connectivity index is 0.00000149. The standard InChI is InChI=1S/C50H62N6O9.C2HF3O2/c1-32-46(60)55-41(50(64)65)30-35-20-24-42(57)38(29-35)39-31-37(23-25-43(39)58)45(48(62)53-32)56(2)49(63)40(17-11-12-27-51)54-44(59)26-28-52-47(61)36-21-18-34(19-22-36)16-8-5-3-4-7-13-33-14-9-6-10-15-33;3-2(4,5)1(6)7/h6,9-10,14-15,18-25,29,31-32,40-41,45,57-58H,3-5,7-8,11-13,16-17,26-28,30,51H2,1-2H3,(H,52,61)(H,53,62)(H,54,59)(H,55,60)(H,64,65);(H,6,7)/t32-,40-,41-,45-;/m0./s1. The van der Waals surface area contributed by atoms with Gasteiger partial charge in [0.1, 0.15) is 41.6 Å². The van der Waals surface area contributed by atoms with E-state index in [9.17, 15) is 57.3 Å². The van der Waals surface area contributed by atoms with E-state index < -0.39 is 65.9 Å². The average molecular weight is 1010 g/mol. The number of rotatable bonds is 20. The third-order valence-corrected chi connectivity index (χ3v) is 12.0. The number of halogens is 3. The van der Waals surface area contributed by atoms with E-state index in [4.69, 9.17) is 9.90 Å². The van der Waals surface area contributed by atoms with Gasteiger partial charge in [0, 0.05) is 43.1 Å². The largest absolute Gasteiger partial charge is 0.542 e. The quantitative estimate of drug-likeness (QED) is 0.0592. The number of phenolic OH excluding ortho intramolecular Hbond substituents is 2. The fourth-order valence-corrected chi connectivity index (χ4v) is 7.98. The van der Waals surface area contributed by atoms with E-state index in [2.05, 4.69) is 51.3 Å². The molecule has 1 aliphatic rings. The van der Waals surface area contributed by atoms with Gasteiger partial charge in [-0.25, -0.2) is 4.79 Å². The summed E-state index contributed by atoms with van der Waals surface area (Å²) in [4.78, 5) is 90.3. The normalized spacial score (nSPS) is 16.1. The van der Waals surface area contributed by atoms with Crippen LogP contribution in [0.4, 0.5) is 13.2 Å². The van der Waals surface area contributed by atoms with E-state index in [1.807, 2.05) is 18.2 Å². The van der Waals surface area contributed by atoms with Crippen molar-refractivity contribution < 1.29 is 72.9 Å². The van der Waals surface area contributed by atoms with Crippen LogP contribution in [0.1, 0.15) is 103 Å². The van der Waals surface area contributed by atoms with Crippen molar-refractivity contribution >= 4 is 41.5 Å². The summed E-state index contributed by atoms with van der Waals surface area (Å²) in [7, 11) is 1.38. The van der Waals surface area contributed by atoms with Crippen LogP contribution < -0.4 is 32.1 Å². The van der Waals surface area contributed by atoms with Crippen molar-refractivity contribution in [2.45, 2.75) is 114 Å². The third-order valence-electron chi connectivity index (χ3n) is 12.0. The lowest BCUT2D eigenvalue weighted by Crippen LogP contribution is -2.55. The SMILES string of the molecule is C[C@@H]1NC(=O)[C@@H](N(C)C(=O)[C@H](CCCC[NH3+])NC(=O)CCNC(=O)c2ccc(CCCCCCCc3ccccc3)cc2)c2ccc(O)c(c2)-c2cc(ccc2O)C[C@@H](C(=O)O)NC1=O.O=C([O-])C(F)(F)F. The fourth-order valence-electron chi connectivity index (χ4n) is 7.98. The van der Waals surface area contributed by atoms with Crippen LogP contribution in [-0.2, 0) is 48.0 Å². The Kier molecular flexibility index (Phi) is 22.0. The van der Waals surface area contributed by atoms with Gasteiger partial charge in [-0.05, 0) is 111 Å². The van der Waals surface area contributed by atoms with Crippen LogP contribution in [0.25, 0.3) is 11.1 Å². The number of unbranched alkanes of at least 4 members (excludes halogenated alkanes) is 5. The van der Waals surface area contributed by atoms with E-state index in [1.54, 1.807) is 12.1 Å². The van der Waals surface area contributed by atoms with E-state index in [-0.39, 0.29) is 59.9 Å². The first kappa shape index (κ1) is 57.1. The molecular weight excluding hydrogens is 942 g/mol. The number of amides is 5. The zero-order valence-corrected chi connectivity index (χ0v) is 40.3. The van der Waals surface area contributed by atoms with Crippen LogP contribution in [0, 0.1) is 0 Å². The van der Waals surface area contributed by atoms with Gasteiger partial charge in [-0.1, -0.05) is 73.9 Å². The number of carbonyl (C=O) groups excluding carboxylic acids is 6. The molecular formula is C52H63F3N6O11. The Morgan fingerprint density at radius 2 is 1.38 bits per heavy atom. The van der Waals surface area contributed by atoms with Crippen LogP contribution in [0.3, 0.4) is 0 Å². The number of aliphatic carboxylic acids is 2. The number of phenols is 2. The number of quaternary nitrogens is 1. The van der Waals surface area contributed by atoms with E-state index >= 15 is 0 Å². The number of benzene rings is 4. The minimum Gasteiger partial charge on any atom is -0.542 e. The molecule has 4 aromatic rings. The van der Waals surface area contributed by atoms with Gasteiger partial charge in [0.2, 0.25) is 23.6 Å². The molecule has 0 aliphatic carbocycles. The van der Waals surface area contributed by atoms with E-state index in [1.165, 1.54) is 75.2 Å². The van der Waals surface area contributed by atoms with Gasteiger partial charge in [0.05, 0.1) is 6.54 Å². The number of likely N-dealkylation sites (N-methyl/N-ethyl adjacent to an activating group) is 1. The Bertz CT molecular complexity index is 2490. The number of hydrogen-bond donors (Lipinski definition) is 8. The van der Waals surface area contributed by atoms with Crippen LogP contribution in [0.2, 0.25) is 0 Å². The molecule has 4 bridgehead atoms. The summed E-state index contributed by atoms with van der Waals surface area (Å²) in [5.41, 5.74) is 7.75. The predicted octanol–water partition coefficient (Wildman–Crippen LogP) is 3.65. The summed E-state index contributed by atoms with van der Waals surface area (Å²) < 4.78 is 31.5. The first-order chi connectivity index (χ1) is 34.2. The Hall–Kier alpha value is -7.48. The Labute approximate surface area is 415 Å². The lowest BCUT2D eigenvalue weighted by molar-refractivity contribution is -0.368. The van der Waals surface area contributed by atoms with Gasteiger partial charge in [-0.3, -0.25) is 24.0 Å². The second-order valence-corrected chi connectivity index (χ2v) is 17.5. The molecule has 1 heterocycles. The fraction of sp³-hybridized carbons (Fsp3) is 0.404. The van der Waals surface area contributed by atoms with Crippen LogP contribution in [0.5, 0.6) is 11.5 Å². The number of carbonyl (C=O) groups is 7. The van der Waals surface area contributed by atoms with Crippen molar-refractivity contribution in [1.82, 2.24) is 26.2 Å². The van der Waals surface area contributed by atoms with Gasteiger partial charge >= 0.3 is 12.1 Å². The monoisotopic (exact) mass is 1000 g/mol. The molecule has 0 saturated heterocycles. The number of carboxylic acid groups (broad SMARTS) is 2. The molecule has 4 atom stereocenters. The van der Waals surface area contributed by atoms with E-state index in [0.29, 0.717) is 30.5 Å². The molecule has 0 aromatic heterocycles. The van der Waals surface area contributed by atoms with Crippen LogP contribution in [0.15, 0.2) is 91.0 Å². The molecule has 0 radical (unpaired) electrons. The summed E-state index contributed by atoms with van der Waals surface area (Å²) in [6, 6.07) is 21.3. The lowest BCUT2D eigenvalue weighted by atomic mass is 9.93. The zero-order valence-electron chi connectivity index (χ0n) is 40.3. The molecule has 0 unspecified atom stereocenters. The van der Waals surface area contributed by atoms with Crippen molar-refractivity contribution in [3.05, 3.63) is 119 Å². The zero-order chi connectivity index (χ0) is 53.0. The summed E-state index contributed by atoms with van der Waals surface area (Å²) >= 11 is 0. The third kappa shape index (κ3) is 17.7. The number of nitrogens with one attached hydrogen (secondary N) is 4. The highest BCUT2D eigenvalue weighted by molar-refractivity contribution is 5.96. The molecule has 0 saturated carbocycles. The van der Waals surface area contributed by atoms with Crippen molar-refractivity contribution in [3.63, 3.8) is 0 Å². The van der Waals surface area contributed by atoms with Crippen molar-refractivity contribution in [1.29, 1.82) is 0 Å². The molecule has 5 rings (SSSR count). The van der Waals surface area contributed by atoms with Gasteiger partial charge in [-0.2, -0.15) is 13.2 Å². The predicted molar refractivity (Wildman–Crippen MR) is 257 cm³/mol.